The standard InChI is InChI=1S/C19H25N3O3/c1-22(2)11-5-10-20-17(19(24)25)13-18(23)21-16-9-8-14-6-3-4-7-15(14)12-16/h3-4,6-9,12,17,20H,5,10-11,13H2,1-2H3,(H,21,23)(H,24,25)/t17-/m1/s1. The predicted molar refractivity (Wildman–Crippen MR) is 99.8 cm³/mol. The van der Waals surface area contributed by atoms with Crippen LogP contribution in [0.5, 0.6) is 0 Å². The number of carboxylic acids is 1. The molecular weight excluding hydrogens is 318 g/mol. The van der Waals surface area contributed by atoms with Gasteiger partial charge >= 0.3 is 5.97 Å². The first-order valence-corrected chi connectivity index (χ1v) is 8.35. The van der Waals surface area contributed by atoms with E-state index in [-0.39, 0.29) is 12.3 Å². The Labute approximate surface area is 147 Å². The number of hydrogen-bond acceptors (Lipinski definition) is 4. The zero-order valence-electron chi connectivity index (χ0n) is 14.7. The highest BCUT2D eigenvalue weighted by Crippen LogP contribution is 2.19. The normalized spacial score (nSPS) is 12.3. The number of rotatable bonds is 9. The molecule has 0 heterocycles. The lowest BCUT2D eigenvalue weighted by atomic mass is 10.1. The second-order valence-electron chi connectivity index (χ2n) is 6.32. The van der Waals surface area contributed by atoms with E-state index in [1.165, 1.54) is 0 Å². The quantitative estimate of drug-likeness (QED) is 0.608. The van der Waals surface area contributed by atoms with Gasteiger partial charge in [-0.2, -0.15) is 0 Å². The van der Waals surface area contributed by atoms with Gasteiger partial charge in [-0.05, 0) is 56.5 Å². The fourth-order valence-corrected chi connectivity index (χ4v) is 2.58. The van der Waals surface area contributed by atoms with Gasteiger partial charge in [-0.3, -0.25) is 9.59 Å². The van der Waals surface area contributed by atoms with Crippen LogP contribution in [0.25, 0.3) is 10.8 Å². The summed E-state index contributed by atoms with van der Waals surface area (Å²) in [6.45, 7) is 1.42. The predicted octanol–water partition coefficient (Wildman–Crippen LogP) is 2.16. The minimum atomic E-state index is -1.02. The molecule has 2 aromatic carbocycles. The molecule has 0 aliphatic carbocycles. The molecular formula is C19H25N3O3. The summed E-state index contributed by atoms with van der Waals surface area (Å²) in [6.07, 6.45) is 0.715. The van der Waals surface area contributed by atoms with Gasteiger partial charge in [0.2, 0.25) is 5.91 Å². The molecule has 0 aliphatic rings. The third-order valence-corrected chi connectivity index (χ3v) is 3.89. The van der Waals surface area contributed by atoms with Crippen molar-refractivity contribution < 1.29 is 14.7 Å². The third-order valence-electron chi connectivity index (χ3n) is 3.89. The van der Waals surface area contributed by atoms with Gasteiger partial charge in [-0.1, -0.05) is 30.3 Å². The van der Waals surface area contributed by atoms with Crippen molar-refractivity contribution in [3.05, 3.63) is 42.5 Å². The highest BCUT2D eigenvalue weighted by Gasteiger charge is 2.20. The fraction of sp³-hybridized carbons (Fsp3) is 0.368. The summed E-state index contributed by atoms with van der Waals surface area (Å²) in [4.78, 5) is 25.6. The summed E-state index contributed by atoms with van der Waals surface area (Å²) in [5, 5.41) is 17.1. The maximum Gasteiger partial charge on any atom is 0.321 e. The second kappa shape index (κ2) is 9.15. The largest absolute Gasteiger partial charge is 0.480 e. The monoisotopic (exact) mass is 343 g/mol. The molecule has 0 radical (unpaired) electrons. The van der Waals surface area contributed by atoms with Crippen LogP contribution in [0.2, 0.25) is 0 Å². The number of anilines is 1. The fourth-order valence-electron chi connectivity index (χ4n) is 2.58. The Morgan fingerprint density at radius 3 is 2.52 bits per heavy atom. The lowest BCUT2D eigenvalue weighted by Gasteiger charge is -2.15. The van der Waals surface area contributed by atoms with Gasteiger partial charge in [0.25, 0.3) is 0 Å². The third kappa shape index (κ3) is 6.17. The van der Waals surface area contributed by atoms with Crippen LogP contribution < -0.4 is 10.6 Å². The molecule has 0 saturated heterocycles. The lowest BCUT2D eigenvalue weighted by molar-refractivity contribution is -0.141. The van der Waals surface area contributed by atoms with E-state index >= 15 is 0 Å². The molecule has 0 fully saturated rings. The van der Waals surface area contributed by atoms with Gasteiger partial charge in [-0.15, -0.1) is 0 Å². The number of hydrogen-bond donors (Lipinski definition) is 3. The van der Waals surface area contributed by atoms with E-state index in [4.69, 9.17) is 0 Å². The first-order valence-electron chi connectivity index (χ1n) is 8.35. The SMILES string of the molecule is CN(C)CCCN[C@H](CC(=O)Nc1ccc2ccccc2c1)C(=O)O. The van der Waals surface area contributed by atoms with Crippen LogP contribution in [0.4, 0.5) is 5.69 Å². The number of nitrogens with zero attached hydrogens (tertiary/aromatic N) is 1. The molecule has 25 heavy (non-hydrogen) atoms. The maximum atomic E-state index is 12.2. The van der Waals surface area contributed by atoms with E-state index < -0.39 is 12.0 Å². The Kier molecular flexibility index (Phi) is 6.91. The van der Waals surface area contributed by atoms with E-state index in [2.05, 4.69) is 10.6 Å². The molecule has 0 unspecified atom stereocenters. The molecule has 6 heteroatoms. The first-order chi connectivity index (χ1) is 12.0. The van der Waals surface area contributed by atoms with Crippen molar-refractivity contribution in [3.8, 4) is 0 Å². The molecule has 2 aromatic rings. The van der Waals surface area contributed by atoms with Crippen molar-refractivity contribution in [2.45, 2.75) is 18.9 Å². The van der Waals surface area contributed by atoms with Crippen molar-refractivity contribution in [3.63, 3.8) is 0 Å². The van der Waals surface area contributed by atoms with Gasteiger partial charge < -0.3 is 20.6 Å². The van der Waals surface area contributed by atoms with E-state index in [0.29, 0.717) is 12.2 Å². The van der Waals surface area contributed by atoms with Crippen molar-refractivity contribution in [1.82, 2.24) is 10.2 Å². The molecule has 1 atom stereocenters. The summed E-state index contributed by atoms with van der Waals surface area (Å²) in [5.41, 5.74) is 0.667. The molecule has 6 nitrogen and oxygen atoms in total. The Bertz CT molecular complexity index is 731. The average molecular weight is 343 g/mol. The Morgan fingerprint density at radius 1 is 1.12 bits per heavy atom. The number of carbonyl (C=O) groups excluding carboxylic acids is 1. The Morgan fingerprint density at radius 2 is 1.84 bits per heavy atom. The van der Waals surface area contributed by atoms with Gasteiger partial charge in [0.1, 0.15) is 6.04 Å². The summed E-state index contributed by atoms with van der Waals surface area (Å²) < 4.78 is 0. The molecule has 0 aliphatic heterocycles. The number of aliphatic carboxylic acids is 1. The second-order valence-corrected chi connectivity index (χ2v) is 6.32. The van der Waals surface area contributed by atoms with Gasteiger partial charge in [0, 0.05) is 5.69 Å². The van der Waals surface area contributed by atoms with E-state index in [9.17, 15) is 14.7 Å². The number of benzene rings is 2. The van der Waals surface area contributed by atoms with Gasteiger partial charge in [0.15, 0.2) is 0 Å². The highest BCUT2D eigenvalue weighted by atomic mass is 16.4. The minimum absolute atomic E-state index is 0.107. The number of carbonyl (C=O) groups is 2. The highest BCUT2D eigenvalue weighted by molar-refractivity contribution is 5.96. The molecule has 0 saturated carbocycles. The van der Waals surface area contributed by atoms with Crippen LogP contribution in [-0.4, -0.2) is 55.1 Å². The Balaban J connectivity index is 1.90. The summed E-state index contributed by atoms with van der Waals surface area (Å²) in [6, 6.07) is 12.6. The number of fused-ring (bicyclic) bond motifs is 1. The maximum absolute atomic E-state index is 12.2. The van der Waals surface area contributed by atoms with Crippen LogP contribution in [0.15, 0.2) is 42.5 Å². The van der Waals surface area contributed by atoms with Crippen LogP contribution in [0.1, 0.15) is 12.8 Å². The lowest BCUT2D eigenvalue weighted by Crippen LogP contribution is -2.40. The number of nitrogens with one attached hydrogen (secondary N) is 2. The zero-order chi connectivity index (χ0) is 18.2. The van der Waals surface area contributed by atoms with Crippen LogP contribution in [0.3, 0.4) is 0 Å². The van der Waals surface area contributed by atoms with Crippen LogP contribution in [0, 0.1) is 0 Å². The van der Waals surface area contributed by atoms with Crippen LogP contribution in [-0.2, 0) is 9.59 Å². The molecule has 2 rings (SSSR count). The molecule has 0 aromatic heterocycles. The van der Waals surface area contributed by atoms with E-state index in [0.717, 1.165) is 23.7 Å². The van der Waals surface area contributed by atoms with Crippen molar-refractivity contribution >= 4 is 28.3 Å². The summed E-state index contributed by atoms with van der Waals surface area (Å²) in [5.74, 6) is -1.33. The minimum Gasteiger partial charge on any atom is -0.480 e. The summed E-state index contributed by atoms with van der Waals surface area (Å²) >= 11 is 0. The average Bonchev–Trinajstić information content (AvgIpc) is 2.57. The summed E-state index contributed by atoms with van der Waals surface area (Å²) in [7, 11) is 3.93. The molecule has 3 N–H and O–H groups in total. The topological polar surface area (TPSA) is 81.7 Å². The van der Waals surface area contributed by atoms with Crippen molar-refractivity contribution in [1.29, 1.82) is 0 Å². The number of carboxylic acid groups (broad SMARTS) is 1. The molecule has 0 spiro atoms. The smallest absolute Gasteiger partial charge is 0.321 e. The van der Waals surface area contributed by atoms with E-state index in [1.807, 2.05) is 61.5 Å². The van der Waals surface area contributed by atoms with Crippen molar-refractivity contribution in [2.24, 2.45) is 0 Å². The van der Waals surface area contributed by atoms with Crippen LogP contribution >= 0.6 is 0 Å². The first kappa shape index (κ1) is 18.9. The number of amides is 1. The van der Waals surface area contributed by atoms with Gasteiger partial charge in [-0.25, -0.2) is 0 Å². The molecule has 1 amide bonds. The molecule has 134 valence electrons. The molecule has 0 bridgehead atoms. The zero-order valence-corrected chi connectivity index (χ0v) is 14.7. The van der Waals surface area contributed by atoms with Gasteiger partial charge in [0.05, 0.1) is 6.42 Å². The van der Waals surface area contributed by atoms with Crippen molar-refractivity contribution in [2.75, 3.05) is 32.5 Å². The van der Waals surface area contributed by atoms with E-state index in [1.54, 1.807) is 0 Å². The Hall–Kier alpha value is -2.44.